The molecule has 0 aromatic carbocycles. The van der Waals surface area contributed by atoms with E-state index in [2.05, 4.69) is 10.2 Å². The standard InChI is InChI=1S/C16H34N2O3/c1-4-19-11-8-18(9-12-20-5-2)14-16(13-17-3)7-6-10-21-15-16/h17H,4-15H2,1-3H3. The van der Waals surface area contributed by atoms with Gasteiger partial charge in [-0.05, 0) is 33.7 Å². The molecule has 0 aliphatic carbocycles. The topological polar surface area (TPSA) is 43.0 Å². The highest BCUT2D eigenvalue weighted by Crippen LogP contribution is 2.29. The third kappa shape index (κ3) is 7.56. The second-order valence-electron chi connectivity index (χ2n) is 5.86. The largest absolute Gasteiger partial charge is 0.381 e. The summed E-state index contributed by atoms with van der Waals surface area (Å²) in [5, 5.41) is 3.35. The van der Waals surface area contributed by atoms with E-state index in [4.69, 9.17) is 14.2 Å². The van der Waals surface area contributed by atoms with E-state index in [1.165, 1.54) is 6.42 Å². The molecule has 1 atom stereocenters. The van der Waals surface area contributed by atoms with Crippen LogP contribution in [0.15, 0.2) is 0 Å². The maximum absolute atomic E-state index is 5.76. The van der Waals surface area contributed by atoms with E-state index in [1.54, 1.807) is 0 Å². The summed E-state index contributed by atoms with van der Waals surface area (Å²) < 4.78 is 16.8. The first kappa shape index (κ1) is 18.8. The van der Waals surface area contributed by atoms with Crippen molar-refractivity contribution in [3.63, 3.8) is 0 Å². The van der Waals surface area contributed by atoms with Crippen molar-refractivity contribution in [3.05, 3.63) is 0 Å². The summed E-state index contributed by atoms with van der Waals surface area (Å²) in [5.74, 6) is 0. The van der Waals surface area contributed by atoms with Gasteiger partial charge in [0.1, 0.15) is 0 Å². The van der Waals surface area contributed by atoms with E-state index in [9.17, 15) is 0 Å². The first-order valence-corrected chi connectivity index (χ1v) is 8.36. The van der Waals surface area contributed by atoms with Crippen LogP contribution in [0.25, 0.3) is 0 Å². The number of rotatable bonds is 12. The SMILES string of the molecule is CCOCCN(CCOCC)CC1(CNC)CCCOC1. The molecule has 1 unspecified atom stereocenters. The summed E-state index contributed by atoms with van der Waals surface area (Å²) in [5.41, 5.74) is 0.228. The number of ether oxygens (including phenoxy) is 3. The van der Waals surface area contributed by atoms with Crippen molar-refractivity contribution < 1.29 is 14.2 Å². The molecule has 5 nitrogen and oxygen atoms in total. The van der Waals surface area contributed by atoms with E-state index < -0.39 is 0 Å². The van der Waals surface area contributed by atoms with Crippen molar-refractivity contribution in [1.82, 2.24) is 10.2 Å². The zero-order valence-electron chi connectivity index (χ0n) is 14.2. The van der Waals surface area contributed by atoms with E-state index in [-0.39, 0.29) is 5.41 Å². The number of nitrogens with one attached hydrogen (secondary N) is 1. The van der Waals surface area contributed by atoms with Crippen LogP contribution in [0.2, 0.25) is 0 Å². The molecule has 0 bridgehead atoms. The molecule has 1 rings (SSSR count). The molecule has 0 saturated carbocycles. The van der Waals surface area contributed by atoms with Gasteiger partial charge in [-0.2, -0.15) is 0 Å². The molecule has 0 aromatic rings. The molecular formula is C16H34N2O3. The third-order valence-electron chi connectivity index (χ3n) is 4.03. The first-order chi connectivity index (χ1) is 10.3. The fourth-order valence-electron chi connectivity index (χ4n) is 3.03. The molecule has 1 saturated heterocycles. The van der Waals surface area contributed by atoms with E-state index in [0.717, 1.165) is 72.2 Å². The molecule has 5 heteroatoms. The summed E-state index contributed by atoms with van der Waals surface area (Å²) in [6.45, 7) is 13.0. The fourth-order valence-corrected chi connectivity index (χ4v) is 3.03. The molecule has 0 spiro atoms. The van der Waals surface area contributed by atoms with Gasteiger partial charge in [0.2, 0.25) is 0 Å². The summed E-state index contributed by atoms with van der Waals surface area (Å²) >= 11 is 0. The van der Waals surface area contributed by atoms with Crippen molar-refractivity contribution in [2.45, 2.75) is 26.7 Å². The Morgan fingerprint density at radius 3 is 2.29 bits per heavy atom. The summed E-state index contributed by atoms with van der Waals surface area (Å²) in [7, 11) is 2.03. The highest BCUT2D eigenvalue weighted by Gasteiger charge is 2.34. The van der Waals surface area contributed by atoms with Crippen LogP contribution < -0.4 is 5.32 Å². The predicted octanol–water partition coefficient (Wildman–Crippen LogP) is 1.38. The Kier molecular flexibility index (Phi) is 10.2. The minimum Gasteiger partial charge on any atom is -0.381 e. The van der Waals surface area contributed by atoms with Gasteiger partial charge >= 0.3 is 0 Å². The first-order valence-electron chi connectivity index (χ1n) is 8.36. The van der Waals surface area contributed by atoms with Crippen LogP contribution in [-0.4, -0.2) is 77.8 Å². The van der Waals surface area contributed by atoms with Gasteiger partial charge in [0.05, 0.1) is 19.8 Å². The molecule has 0 amide bonds. The predicted molar refractivity (Wildman–Crippen MR) is 85.8 cm³/mol. The van der Waals surface area contributed by atoms with Gasteiger partial charge in [0.15, 0.2) is 0 Å². The molecule has 126 valence electrons. The van der Waals surface area contributed by atoms with Crippen LogP contribution in [0, 0.1) is 5.41 Å². The molecular weight excluding hydrogens is 268 g/mol. The maximum Gasteiger partial charge on any atom is 0.0593 e. The molecule has 0 radical (unpaired) electrons. The average Bonchev–Trinajstić information content (AvgIpc) is 2.49. The molecule has 1 N–H and O–H groups in total. The van der Waals surface area contributed by atoms with E-state index in [0.29, 0.717) is 0 Å². The van der Waals surface area contributed by atoms with Crippen molar-refractivity contribution in [1.29, 1.82) is 0 Å². The molecule has 1 aliphatic heterocycles. The van der Waals surface area contributed by atoms with Crippen molar-refractivity contribution in [2.75, 3.05) is 72.9 Å². The average molecular weight is 302 g/mol. The molecule has 1 aliphatic rings. The van der Waals surface area contributed by atoms with Crippen LogP contribution in [0.5, 0.6) is 0 Å². The summed E-state index contributed by atoms with van der Waals surface area (Å²) in [6.07, 6.45) is 2.39. The van der Waals surface area contributed by atoms with Crippen LogP contribution in [0.1, 0.15) is 26.7 Å². The number of hydrogen-bond acceptors (Lipinski definition) is 5. The van der Waals surface area contributed by atoms with E-state index >= 15 is 0 Å². The minimum atomic E-state index is 0.228. The van der Waals surface area contributed by atoms with Gasteiger partial charge in [-0.1, -0.05) is 0 Å². The van der Waals surface area contributed by atoms with Crippen molar-refractivity contribution in [3.8, 4) is 0 Å². The Hall–Kier alpha value is -0.200. The Labute approximate surface area is 130 Å². The summed E-state index contributed by atoms with van der Waals surface area (Å²) in [4.78, 5) is 2.47. The van der Waals surface area contributed by atoms with Gasteiger partial charge in [-0.15, -0.1) is 0 Å². The Bertz CT molecular complexity index is 230. The maximum atomic E-state index is 5.76. The lowest BCUT2D eigenvalue weighted by Crippen LogP contribution is -2.49. The second kappa shape index (κ2) is 11.4. The molecule has 21 heavy (non-hydrogen) atoms. The molecule has 1 fully saturated rings. The number of nitrogens with zero attached hydrogens (tertiary/aromatic N) is 1. The second-order valence-corrected chi connectivity index (χ2v) is 5.86. The van der Waals surface area contributed by atoms with Gasteiger partial charge < -0.3 is 19.5 Å². The highest BCUT2D eigenvalue weighted by atomic mass is 16.5. The van der Waals surface area contributed by atoms with Gasteiger partial charge in [0, 0.05) is 51.4 Å². The lowest BCUT2D eigenvalue weighted by Gasteiger charge is -2.41. The van der Waals surface area contributed by atoms with Crippen molar-refractivity contribution >= 4 is 0 Å². The normalized spacial score (nSPS) is 22.9. The lowest BCUT2D eigenvalue weighted by molar-refractivity contribution is -0.0327. The van der Waals surface area contributed by atoms with Gasteiger partial charge in [-0.25, -0.2) is 0 Å². The Morgan fingerprint density at radius 2 is 1.81 bits per heavy atom. The smallest absolute Gasteiger partial charge is 0.0593 e. The zero-order valence-corrected chi connectivity index (χ0v) is 14.2. The van der Waals surface area contributed by atoms with Crippen LogP contribution in [0.4, 0.5) is 0 Å². The highest BCUT2D eigenvalue weighted by molar-refractivity contribution is 4.87. The Morgan fingerprint density at radius 1 is 1.14 bits per heavy atom. The minimum absolute atomic E-state index is 0.228. The van der Waals surface area contributed by atoms with Crippen molar-refractivity contribution in [2.24, 2.45) is 5.41 Å². The molecule has 0 aromatic heterocycles. The monoisotopic (exact) mass is 302 g/mol. The van der Waals surface area contributed by atoms with Crippen LogP contribution in [-0.2, 0) is 14.2 Å². The third-order valence-corrected chi connectivity index (χ3v) is 4.03. The number of hydrogen-bond donors (Lipinski definition) is 1. The van der Waals surface area contributed by atoms with Crippen LogP contribution >= 0.6 is 0 Å². The molecule has 1 heterocycles. The lowest BCUT2D eigenvalue weighted by atomic mass is 9.81. The zero-order chi connectivity index (χ0) is 15.4. The van der Waals surface area contributed by atoms with Gasteiger partial charge in [-0.3, -0.25) is 4.90 Å². The van der Waals surface area contributed by atoms with E-state index in [1.807, 2.05) is 20.9 Å². The quantitative estimate of drug-likeness (QED) is 0.552. The summed E-state index contributed by atoms with van der Waals surface area (Å²) in [6, 6.07) is 0. The van der Waals surface area contributed by atoms with Gasteiger partial charge in [0.25, 0.3) is 0 Å². The Balaban J connectivity index is 2.52. The fraction of sp³-hybridized carbons (Fsp3) is 1.00. The van der Waals surface area contributed by atoms with Crippen LogP contribution in [0.3, 0.4) is 0 Å².